The van der Waals surface area contributed by atoms with E-state index in [1.54, 1.807) is 0 Å². The highest BCUT2D eigenvalue weighted by atomic mass is 16.3. The summed E-state index contributed by atoms with van der Waals surface area (Å²) in [6, 6.07) is 14.3. The number of hydrogen-bond acceptors (Lipinski definition) is 1. The predicted molar refractivity (Wildman–Crippen MR) is 59.2 cm³/mol. The predicted octanol–water partition coefficient (Wildman–Crippen LogP) is 3.28. The van der Waals surface area contributed by atoms with Gasteiger partial charge in [0.1, 0.15) is 0 Å². The summed E-state index contributed by atoms with van der Waals surface area (Å²) >= 11 is 0. The molecule has 0 aliphatic rings. The molecule has 0 aromatic heterocycles. The van der Waals surface area contributed by atoms with Gasteiger partial charge in [-0.15, -0.1) is 0 Å². The van der Waals surface area contributed by atoms with Crippen molar-refractivity contribution in [3.05, 3.63) is 48.0 Å². The van der Waals surface area contributed by atoms with E-state index in [0.717, 1.165) is 12.0 Å². The van der Waals surface area contributed by atoms with Crippen molar-refractivity contribution in [3.8, 4) is 0 Å². The zero-order valence-corrected chi connectivity index (χ0v) is 8.27. The monoisotopic (exact) mass is 186 g/mol. The number of rotatable bonds is 2. The normalized spacial score (nSPS) is 13.0. The van der Waals surface area contributed by atoms with Gasteiger partial charge in [-0.05, 0) is 28.8 Å². The Morgan fingerprint density at radius 3 is 2.50 bits per heavy atom. The Bertz CT molecular complexity index is 434. The van der Waals surface area contributed by atoms with Crippen LogP contribution in [0, 0.1) is 0 Å². The molecule has 0 saturated carbocycles. The minimum absolute atomic E-state index is 0.334. The fourth-order valence-corrected chi connectivity index (χ4v) is 1.65. The van der Waals surface area contributed by atoms with Crippen LogP contribution in [0.4, 0.5) is 0 Å². The fourth-order valence-electron chi connectivity index (χ4n) is 1.65. The zero-order valence-electron chi connectivity index (χ0n) is 8.27. The Balaban J connectivity index is 2.51. The van der Waals surface area contributed by atoms with E-state index in [9.17, 15) is 5.11 Å². The number of hydrogen-bond donors (Lipinski definition) is 1. The van der Waals surface area contributed by atoms with E-state index in [1.165, 1.54) is 10.8 Å². The molecule has 0 aliphatic heterocycles. The smallest absolute Gasteiger partial charge is 0.0787 e. The first kappa shape index (κ1) is 9.22. The lowest BCUT2D eigenvalue weighted by molar-refractivity contribution is 0.174. The van der Waals surface area contributed by atoms with Crippen LogP contribution in [-0.4, -0.2) is 5.11 Å². The van der Waals surface area contributed by atoms with E-state index in [2.05, 4.69) is 24.3 Å². The summed E-state index contributed by atoms with van der Waals surface area (Å²) < 4.78 is 0. The van der Waals surface area contributed by atoms with E-state index in [1.807, 2.05) is 25.1 Å². The molecule has 0 heterocycles. The summed E-state index contributed by atoms with van der Waals surface area (Å²) in [5.74, 6) is 0. The Morgan fingerprint density at radius 1 is 1.07 bits per heavy atom. The molecule has 2 rings (SSSR count). The highest BCUT2D eigenvalue weighted by Gasteiger charge is 2.04. The third-order valence-electron chi connectivity index (χ3n) is 2.54. The molecule has 0 fully saturated rings. The van der Waals surface area contributed by atoms with Crippen molar-refractivity contribution in [2.45, 2.75) is 19.4 Å². The summed E-state index contributed by atoms with van der Waals surface area (Å²) in [4.78, 5) is 0. The van der Waals surface area contributed by atoms with Gasteiger partial charge >= 0.3 is 0 Å². The lowest BCUT2D eigenvalue weighted by atomic mass is 10.0. The SMILES string of the molecule is CC[C@@H](O)c1ccc2ccccc2c1. The molecule has 0 amide bonds. The van der Waals surface area contributed by atoms with Crippen molar-refractivity contribution >= 4 is 10.8 Å². The Hall–Kier alpha value is -1.34. The van der Waals surface area contributed by atoms with Crippen LogP contribution in [-0.2, 0) is 0 Å². The van der Waals surface area contributed by atoms with Gasteiger partial charge < -0.3 is 5.11 Å². The van der Waals surface area contributed by atoms with Crippen molar-refractivity contribution in [1.29, 1.82) is 0 Å². The van der Waals surface area contributed by atoms with Gasteiger partial charge in [-0.1, -0.05) is 43.3 Å². The number of aliphatic hydroxyl groups excluding tert-OH is 1. The molecule has 0 aliphatic carbocycles. The van der Waals surface area contributed by atoms with Gasteiger partial charge in [-0.3, -0.25) is 0 Å². The molecule has 2 aromatic rings. The van der Waals surface area contributed by atoms with Crippen LogP contribution < -0.4 is 0 Å². The van der Waals surface area contributed by atoms with Gasteiger partial charge in [0.25, 0.3) is 0 Å². The summed E-state index contributed by atoms with van der Waals surface area (Å²) in [7, 11) is 0. The van der Waals surface area contributed by atoms with Crippen LogP contribution in [0.25, 0.3) is 10.8 Å². The van der Waals surface area contributed by atoms with Crippen LogP contribution in [0.3, 0.4) is 0 Å². The Morgan fingerprint density at radius 2 is 1.79 bits per heavy atom. The maximum Gasteiger partial charge on any atom is 0.0787 e. The van der Waals surface area contributed by atoms with Crippen molar-refractivity contribution in [3.63, 3.8) is 0 Å². The first-order valence-corrected chi connectivity index (χ1v) is 4.98. The second-order valence-electron chi connectivity index (χ2n) is 3.53. The van der Waals surface area contributed by atoms with Crippen molar-refractivity contribution in [2.75, 3.05) is 0 Å². The van der Waals surface area contributed by atoms with Gasteiger partial charge in [-0.2, -0.15) is 0 Å². The first-order valence-electron chi connectivity index (χ1n) is 4.98. The van der Waals surface area contributed by atoms with Crippen LogP contribution in [0.5, 0.6) is 0 Å². The second kappa shape index (κ2) is 3.81. The number of fused-ring (bicyclic) bond motifs is 1. The largest absolute Gasteiger partial charge is 0.388 e. The summed E-state index contributed by atoms with van der Waals surface area (Å²) in [5.41, 5.74) is 1.01. The van der Waals surface area contributed by atoms with Crippen molar-refractivity contribution in [2.24, 2.45) is 0 Å². The average Bonchev–Trinajstić information content (AvgIpc) is 2.27. The lowest BCUT2D eigenvalue weighted by Crippen LogP contribution is -1.94. The van der Waals surface area contributed by atoms with Gasteiger partial charge in [0.15, 0.2) is 0 Å². The second-order valence-corrected chi connectivity index (χ2v) is 3.53. The van der Waals surface area contributed by atoms with Crippen molar-refractivity contribution < 1.29 is 5.11 Å². The summed E-state index contributed by atoms with van der Waals surface area (Å²) in [5, 5.41) is 12.1. The molecule has 1 nitrogen and oxygen atoms in total. The van der Waals surface area contributed by atoms with Gasteiger partial charge in [0, 0.05) is 0 Å². The molecule has 1 N–H and O–H groups in total. The van der Waals surface area contributed by atoms with Crippen LogP contribution in [0.1, 0.15) is 25.0 Å². The summed E-state index contributed by atoms with van der Waals surface area (Å²) in [6.45, 7) is 1.99. The minimum atomic E-state index is -0.334. The van der Waals surface area contributed by atoms with Crippen LogP contribution in [0.15, 0.2) is 42.5 Å². The molecule has 0 radical (unpaired) electrons. The zero-order chi connectivity index (χ0) is 9.97. The lowest BCUT2D eigenvalue weighted by Gasteiger charge is -2.08. The van der Waals surface area contributed by atoms with E-state index in [0.29, 0.717) is 0 Å². The third kappa shape index (κ3) is 1.64. The number of aliphatic hydroxyl groups is 1. The molecule has 0 unspecified atom stereocenters. The quantitative estimate of drug-likeness (QED) is 0.763. The highest BCUT2D eigenvalue weighted by Crippen LogP contribution is 2.21. The fraction of sp³-hybridized carbons (Fsp3) is 0.231. The van der Waals surface area contributed by atoms with E-state index in [-0.39, 0.29) is 6.10 Å². The molecule has 0 spiro atoms. The molecular formula is C13H14O. The highest BCUT2D eigenvalue weighted by molar-refractivity contribution is 5.83. The van der Waals surface area contributed by atoms with E-state index < -0.39 is 0 Å². The van der Waals surface area contributed by atoms with E-state index >= 15 is 0 Å². The van der Waals surface area contributed by atoms with Crippen LogP contribution >= 0.6 is 0 Å². The molecular weight excluding hydrogens is 172 g/mol. The maximum absolute atomic E-state index is 9.69. The topological polar surface area (TPSA) is 20.2 Å². The number of benzene rings is 2. The van der Waals surface area contributed by atoms with Gasteiger partial charge in [0.05, 0.1) is 6.10 Å². The van der Waals surface area contributed by atoms with Crippen LogP contribution in [0.2, 0.25) is 0 Å². The molecule has 1 heteroatoms. The first-order chi connectivity index (χ1) is 6.81. The molecule has 1 atom stereocenters. The minimum Gasteiger partial charge on any atom is -0.388 e. The molecule has 14 heavy (non-hydrogen) atoms. The molecule has 0 saturated heterocycles. The summed E-state index contributed by atoms with van der Waals surface area (Å²) in [6.07, 6.45) is 0.429. The average molecular weight is 186 g/mol. The van der Waals surface area contributed by atoms with Crippen molar-refractivity contribution in [1.82, 2.24) is 0 Å². The third-order valence-corrected chi connectivity index (χ3v) is 2.54. The standard InChI is InChI=1S/C13H14O/c1-2-13(14)12-8-7-10-5-3-4-6-11(10)9-12/h3-9,13-14H,2H2,1H3/t13-/m1/s1. The Labute approximate surface area is 84.0 Å². The maximum atomic E-state index is 9.69. The van der Waals surface area contributed by atoms with Gasteiger partial charge in [-0.25, -0.2) is 0 Å². The Kier molecular flexibility index (Phi) is 2.51. The van der Waals surface area contributed by atoms with E-state index in [4.69, 9.17) is 0 Å². The molecule has 72 valence electrons. The molecule has 2 aromatic carbocycles. The molecule has 0 bridgehead atoms. The van der Waals surface area contributed by atoms with Gasteiger partial charge in [0.2, 0.25) is 0 Å².